The fourth-order valence-corrected chi connectivity index (χ4v) is 3.88. The van der Waals surface area contributed by atoms with Crippen molar-refractivity contribution in [3.05, 3.63) is 95.6 Å². The van der Waals surface area contributed by atoms with Crippen molar-refractivity contribution in [3.8, 4) is 11.1 Å². The standard InChI is InChI=1S/C24H21NO3/c1-28-24(27)21(15-16-9-3-2-4-10-16)25-23(26)22-19-13-7-5-11-17(19)18-12-6-8-14-20(18)22/h2-14,21-22H,15H2,1H3,(H,25,26). The molecule has 28 heavy (non-hydrogen) atoms. The van der Waals surface area contributed by atoms with E-state index in [1.165, 1.54) is 7.11 Å². The number of carbonyl (C=O) groups is 2. The molecule has 4 rings (SSSR count). The second-order valence-electron chi connectivity index (χ2n) is 6.88. The third-order valence-electron chi connectivity index (χ3n) is 5.18. The van der Waals surface area contributed by atoms with Crippen molar-refractivity contribution in [1.82, 2.24) is 5.32 Å². The molecule has 1 amide bonds. The molecule has 0 heterocycles. The van der Waals surface area contributed by atoms with Crippen LogP contribution in [-0.2, 0) is 20.7 Å². The topological polar surface area (TPSA) is 55.4 Å². The molecule has 0 aromatic heterocycles. The highest BCUT2D eigenvalue weighted by molar-refractivity contribution is 5.97. The van der Waals surface area contributed by atoms with E-state index in [0.717, 1.165) is 27.8 Å². The van der Waals surface area contributed by atoms with Crippen molar-refractivity contribution < 1.29 is 14.3 Å². The zero-order valence-corrected chi connectivity index (χ0v) is 15.6. The average molecular weight is 371 g/mol. The quantitative estimate of drug-likeness (QED) is 0.696. The number of hydrogen-bond donors (Lipinski definition) is 1. The molecular formula is C24H21NO3. The SMILES string of the molecule is COC(=O)C(Cc1ccccc1)NC(=O)C1c2ccccc2-c2ccccc21. The van der Waals surface area contributed by atoms with E-state index in [9.17, 15) is 9.59 Å². The summed E-state index contributed by atoms with van der Waals surface area (Å²) >= 11 is 0. The number of esters is 1. The van der Waals surface area contributed by atoms with Gasteiger partial charge in [0.05, 0.1) is 13.0 Å². The van der Waals surface area contributed by atoms with Gasteiger partial charge in [0, 0.05) is 6.42 Å². The fraction of sp³-hybridized carbons (Fsp3) is 0.167. The van der Waals surface area contributed by atoms with Gasteiger partial charge in [-0.1, -0.05) is 78.9 Å². The first-order chi connectivity index (χ1) is 13.7. The number of nitrogens with one attached hydrogen (secondary N) is 1. The molecule has 0 fully saturated rings. The summed E-state index contributed by atoms with van der Waals surface area (Å²) in [6, 6.07) is 24.7. The molecule has 1 unspecified atom stereocenters. The molecule has 4 heteroatoms. The summed E-state index contributed by atoms with van der Waals surface area (Å²) in [6.45, 7) is 0. The number of carbonyl (C=O) groups excluding carboxylic acids is 2. The molecular weight excluding hydrogens is 350 g/mol. The van der Waals surface area contributed by atoms with E-state index < -0.39 is 17.9 Å². The van der Waals surface area contributed by atoms with Crippen LogP contribution in [0.2, 0.25) is 0 Å². The van der Waals surface area contributed by atoms with Gasteiger partial charge < -0.3 is 10.1 Å². The Kier molecular flexibility index (Phi) is 4.94. The molecule has 0 saturated heterocycles. The Morgan fingerprint density at radius 2 is 1.39 bits per heavy atom. The number of ether oxygens (including phenoxy) is 1. The summed E-state index contributed by atoms with van der Waals surface area (Å²) in [6.07, 6.45) is 0.384. The first-order valence-electron chi connectivity index (χ1n) is 9.29. The van der Waals surface area contributed by atoms with Crippen LogP contribution >= 0.6 is 0 Å². The predicted octanol–water partition coefficient (Wildman–Crippen LogP) is 3.70. The van der Waals surface area contributed by atoms with Crippen molar-refractivity contribution in [2.45, 2.75) is 18.4 Å². The summed E-state index contributed by atoms with van der Waals surface area (Å²) in [5, 5.41) is 2.93. The second kappa shape index (κ2) is 7.69. The van der Waals surface area contributed by atoms with E-state index in [-0.39, 0.29) is 5.91 Å². The molecule has 0 spiro atoms. The zero-order valence-electron chi connectivity index (χ0n) is 15.6. The minimum absolute atomic E-state index is 0.191. The van der Waals surface area contributed by atoms with Crippen LogP contribution in [0.4, 0.5) is 0 Å². The number of benzene rings is 3. The molecule has 1 N–H and O–H groups in total. The monoisotopic (exact) mass is 371 g/mol. The lowest BCUT2D eigenvalue weighted by atomic mass is 9.95. The van der Waals surface area contributed by atoms with Crippen molar-refractivity contribution in [1.29, 1.82) is 0 Å². The summed E-state index contributed by atoms with van der Waals surface area (Å²) in [5.74, 6) is -1.07. The minimum Gasteiger partial charge on any atom is -0.467 e. The molecule has 3 aromatic rings. The predicted molar refractivity (Wildman–Crippen MR) is 108 cm³/mol. The molecule has 140 valence electrons. The molecule has 0 radical (unpaired) electrons. The van der Waals surface area contributed by atoms with E-state index in [1.54, 1.807) is 0 Å². The Morgan fingerprint density at radius 1 is 0.857 bits per heavy atom. The van der Waals surface area contributed by atoms with Gasteiger partial charge in [-0.2, -0.15) is 0 Å². The van der Waals surface area contributed by atoms with Crippen LogP contribution in [0.1, 0.15) is 22.6 Å². The Balaban J connectivity index is 1.64. The molecule has 3 aromatic carbocycles. The molecule has 0 saturated carbocycles. The summed E-state index contributed by atoms with van der Waals surface area (Å²) in [7, 11) is 1.34. The van der Waals surface area contributed by atoms with E-state index >= 15 is 0 Å². The lowest BCUT2D eigenvalue weighted by Crippen LogP contribution is -2.45. The van der Waals surface area contributed by atoms with Gasteiger partial charge in [-0.25, -0.2) is 4.79 Å². The lowest BCUT2D eigenvalue weighted by Gasteiger charge is -2.20. The highest BCUT2D eigenvalue weighted by Gasteiger charge is 2.35. The van der Waals surface area contributed by atoms with E-state index in [1.807, 2.05) is 78.9 Å². The zero-order chi connectivity index (χ0) is 19.5. The van der Waals surface area contributed by atoms with Crippen molar-refractivity contribution in [2.75, 3.05) is 7.11 Å². The Morgan fingerprint density at radius 3 is 1.96 bits per heavy atom. The van der Waals surface area contributed by atoms with Crippen LogP contribution in [0.15, 0.2) is 78.9 Å². The van der Waals surface area contributed by atoms with Crippen molar-refractivity contribution >= 4 is 11.9 Å². The van der Waals surface area contributed by atoms with Gasteiger partial charge in [0.1, 0.15) is 6.04 Å². The first kappa shape index (κ1) is 18.0. The molecule has 1 aliphatic carbocycles. The summed E-state index contributed by atoms with van der Waals surface area (Å²) in [5.41, 5.74) is 5.02. The molecule has 0 aliphatic heterocycles. The van der Waals surface area contributed by atoms with Crippen LogP contribution in [0.3, 0.4) is 0 Å². The first-order valence-corrected chi connectivity index (χ1v) is 9.29. The molecule has 1 aliphatic rings. The van der Waals surface area contributed by atoms with E-state index in [2.05, 4.69) is 5.32 Å². The fourth-order valence-electron chi connectivity index (χ4n) is 3.88. The van der Waals surface area contributed by atoms with Crippen molar-refractivity contribution in [3.63, 3.8) is 0 Å². The van der Waals surface area contributed by atoms with Gasteiger partial charge in [0.2, 0.25) is 5.91 Å². The minimum atomic E-state index is -0.736. The van der Waals surface area contributed by atoms with Gasteiger partial charge in [-0.05, 0) is 27.8 Å². The van der Waals surface area contributed by atoms with Crippen LogP contribution in [0.5, 0.6) is 0 Å². The van der Waals surface area contributed by atoms with E-state index in [0.29, 0.717) is 6.42 Å². The Bertz CT molecular complexity index is 968. The maximum absolute atomic E-state index is 13.3. The number of rotatable bonds is 5. The Labute approximate surface area is 164 Å². The van der Waals surface area contributed by atoms with E-state index in [4.69, 9.17) is 4.74 Å². The van der Waals surface area contributed by atoms with Gasteiger partial charge in [-0.15, -0.1) is 0 Å². The maximum atomic E-state index is 13.3. The van der Waals surface area contributed by atoms with Gasteiger partial charge in [-0.3, -0.25) is 4.79 Å². The molecule has 0 bridgehead atoms. The molecule has 4 nitrogen and oxygen atoms in total. The van der Waals surface area contributed by atoms with Crippen molar-refractivity contribution in [2.24, 2.45) is 0 Å². The van der Waals surface area contributed by atoms with Gasteiger partial charge in [0.25, 0.3) is 0 Å². The lowest BCUT2D eigenvalue weighted by molar-refractivity contribution is -0.145. The normalized spacial score (nSPS) is 13.3. The smallest absolute Gasteiger partial charge is 0.328 e. The molecule has 1 atom stereocenters. The van der Waals surface area contributed by atoms with Gasteiger partial charge in [0.15, 0.2) is 0 Å². The highest BCUT2D eigenvalue weighted by atomic mass is 16.5. The number of methoxy groups -OCH3 is 1. The summed E-state index contributed by atoms with van der Waals surface area (Å²) in [4.78, 5) is 25.6. The maximum Gasteiger partial charge on any atom is 0.328 e. The largest absolute Gasteiger partial charge is 0.467 e. The van der Waals surface area contributed by atoms with Crippen LogP contribution < -0.4 is 5.32 Å². The van der Waals surface area contributed by atoms with Crippen LogP contribution in [0, 0.1) is 0 Å². The third-order valence-corrected chi connectivity index (χ3v) is 5.18. The second-order valence-corrected chi connectivity index (χ2v) is 6.88. The highest BCUT2D eigenvalue weighted by Crippen LogP contribution is 2.44. The number of amides is 1. The van der Waals surface area contributed by atoms with Gasteiger partial charge >= 0.3 is 5.97 Å². The Hall–Kier alpha value is -3.40. The number of fused-ring (bicyclic) bond motifs is 3. The van der Waals surface area contributed by atoms with Crippen LogP contribution in [-0.4, -0.2) is 25.0 Å². The average Bonchev–Trinajstić information content (AvgIpc) is 3.08. The third kappa shape index (κ3) is 3.29. The van der Waals surface area contributed by atoms with Crippen LogP contribution in [0.25, 0.3) is 11.1 Å². The number of hydrogen-bond acceptors (Lipinski definition) is 3. The summed E-state index contributed by atoms with van der Waals surface area (Å²) < 4.78 is 4.93.